The normalized spacial score (nSPS) is 18.2. The Kier molecular flexibility index (Phi) is 5.19. The van der Waals surface area contributed by atoms with E-state index in [9.17, 15) is 4.79 Å². The second-order valence-corrected chi connectivity index (χ2v) is 9.20. The van der Waals surface area contributed by atoms with Gasteiger partial charge in [0.15, 0.2) is 0 Å². The Morgan fingerprint density at radius 1 is 1.15 bits per heavy atom. The minimum absolute atomic E-state index is 0.0827. The molecular formula is C21H23NO3S2. The lowest BCUT2D eigenvalue weighted by Crippen LogP contribution is -2.14. The van der Waals surface area contributed by atoms with Crippen LogP contribution in [0.2, 0.25) is 0 Å². The molecular weight excluding hydrogens is 378 g/mol. The molecule has 2 aliphatic rings. The zero-order chi connectivity index (χ0) is 19.0. The average molecular weight is 402 g/mol. The molecule has 4 rings (SSSR count). The molecule has 1 aliphatic heterocycles. The number of thiophene rings is 1. The Hall–Kier alpha value is -1.92. The molecule has 2 heterocycles. The number of hydrogen-bond donors (Lipinski definition) is 1. The molecule has 4 nitrogen and oxygen atoms in total. The second-order valence-electron chi connectivity index (χ2n) is 7.05. The summed E-state index contributed by atoms with van der Waals surface area (Å²) < 4.78 is 10.6. The topological polar surface area (TPSA) is 47.6 Å². The standard InChI is InChI=1S/C21H23NO3S2/c1-12-4-5-16-17-11-26-20(10-19(17)27-18(16)6-12)21(23)22-13-7-14(24-2)9-15(8-13)25-3/h7-10,12H,4-6,11H2,1-3H3,(H,22,23)/t12-/m1/s1. The monoisotopic (exact) mass is 401 g/mol. The summed E-state index contributed by atoms with van der Waals surface area (Å²) in [5, 5.41) is 2.98. The van der Waals surface area contributed by atoms with Crippen molar-refractivity contribution >= 4 is 40.8 Å². The first-order valence-electron chi connectivity index (χ1n) is 9.09. The number of amides is 1. The van der Waals surface area contributed by atoms with Crippen molar-refractivity contribution in [2.45, 2.75) is 31.9 Å². The first kappa shape index (κ1) is 18.4. The number of anilines is 1. The zero-order valence-electron chi connectivity index (χ0n) is 15.8. The van der Waals surface area contributed by atoms with Gasteiger partial charge in [-0.15, -0.1) is 23.1 Å². The average Bonchev–Trinajstić information content (AvgIpc) is 3.03. The van der Waals surface area contributed by atoms with E-state index < -0.39 is 0 Å². The number of methoxy groups -OCH3 is 2. The van der Waals surface area contributed by atoms with Crippen LogP contribution in [0, 0.1) is 5.92 Å². The molecule has 27 heavy (non-hydrogen) atoms. The van der Waals surface area contributed by atoms with Crippen molar-refractivity contribution in [2.24, 2.45) is 5.92 Å². The van der Waals surface area contributed by atoms with E-state index in [-0.39, 0.29) is 5.91 Å². The quantitative estimate of drug-likeness (QED) is 0.773. The Balaban J connectivity index is 1.56. The molecule has 1 atom stereocenters. The van der Waals surface area contributed by atoms with Gasteiger partial charge in [0.25, 0.3) is 5.91 Å². The van der Waals surface area contributed by atoms with Gasteiger partial charge in [0.2, 0.25) is 0 Å². The number of benzene rings is 1. The van der Waals surface area contributed by atoms with Crippen LogP contribution >= 0.6 is 23.1 Å². The number of thioether (sulfide) groups is 1. The van der Waals surface area contributed by atoms with Gasteiger partial charge in [0.1, 0.15) is 11.5 Å². The third kappa shape index (κ3) is 3.73. The van der Waals surface area contributed by atoms with Crippen LogP contribution in [0.1, 0.15) is 34.2 Å². The van der Waals surface area contributed by atoms with Gasteiger partial charge in [-0.2, -0.15) is 0 Å². The van der Waals surface area contributed by atoms with Crippen molar-refractivity contribution in [2.75, 3.05) is 19.5 Å². The highest BCUT2D eigenvalue weighted by Gasteiger charge is 2.27. The van der Waals surface area contributed by atoms with E-state index >= 15 is 0 Å². The largest absolute Gasteiger partial charge is 0.497 e. The molecule has 142 valence electrons. The van der Waals surface area contributed by atoms with E-state index in [2.05, 4.69) is 18.3 Å². The van der Waals surface area contributed by atoms with Crippen molar-refractivity contribution in [1.29, 1.82) is 0 Å². The van der Waals surface area contributed by atoms with E-state index in [0.717, 1.165) is 16.6 Å². The lowest BCUT2D eigenvalue weighted by molar-refractivity contribution is -0.112. The number of ether oxygens (including phenoxy) is 2. The highest BCUT2D eigenvalue weighted by molar-refractivity contribution is 8.03. The summed E-state index contributed by atoms with van der Waals surface area (Å²) in [6.07, 6.45) is 5.69. The zero-order valence-corrected chi connectivity index (χ0v) is 17.4. The minimum Gasteiger partial charge on any atom is -0.497 e. The summed E-state index contributed by atoms with van der Waals surface area (Å²) in [6.45, 7) is 2.33. The first-order chi connectivity index (χ1) is 13.1. The fourth-order valence-electron chi connectivity index (χ4n) is 3.63. The van der Waals surface area contributed by atoms with Crippen molar-refractivity contribution in [1.82, 2.24) is 0 Å². The van der Waals surface area contributed by atoms with Crippen LogP contribution in [-0.2, 0) is 23.4 Å². The lowest BCUT2D eigenvalue weighted by Gasteiger charge is -2.20. The summed E-state index contributed by atoms with van der Waals surface area (Å²) in [7, 11) is 3.20. The first-order valence-corrected chi connectivity index (χ1v) is 10.9. The van der Waals surface area contributed by atoms with Gasteiger partial charge < -0.3 is 14.8 Å². The highest BCUT2D eigenvalue weighted by atomic mass is 32.2. The summed E-state index contributed by atoms with van der Waals surface area (Å²) >= 11 is 3.50. The molecule has 0 saturated carbocycles. The molecule has 2 aromatic rings. The van der Waals surface area contributed by atoms with Gasteiger partial charge in [-0.05, 0) is 42.4 Å². The molecule has 1 aromatic heterocycles. The molecule has 1 amide bonds. The summed E-state index contributed by atoms with van der Waals surface area (Å²) in [4.78, 5) is 16.3. The molecule has 6 heteroatoms. The summed E-state index contributed by atoms with van der Waals surface area (Å²) in [5.41, 5.74) is 3.67. The van der Waals surface area contributed by atoms with E-state index in [1.807, 2.05) is 11.3 Å². The van der Waals surface area contributed by atoms with Crippen LogP contribution in [0.25, 0.3) is 6.08 Å². The summed E-state index contributed by atoms with van der Waals surface area (Å²) in [6, 6.07) is 5.38. The van der Waals surface area contributed by atoms with Gasteiger partial charge in [-0.25, -0.2) is 0 Å². The van der Waals surface area contributed by atoms with Crippen molar-refractivity contribution in [3.63, 3.8) is 0 Å². The minimum atomic E-state index is -0.0827. The van der Waals surface area contributed by atoms with Gasteiger partial charge in [-0.3, -0.25) is 4.79 Å². The van der Waals surface area contributed by atoms with Crippen LogP contribution in [0.5, 0.6) is 11.5 Å². The van der Waals surface area contributed by atoms with Gasteiger partial charge >= 0.3 is 0 Å². The van der Waals surface area contributed by atoms with Crippen molar-refractivity contribution in [3.8, 4) is 11.5 Å². The fourth-order valence-corrected chi connectivity index (χ4v) is 6.28. The number of nitrogens with one attached hydrogen (secondary N) is 1. The number of carbonyl (C=O) groups excluding carboxylic acids is 1. The molecule has 0 radical (unpaired) electrons. The number of rotatable bonds is 4. The molecule has 0 bridgehead atoms. The molecule has 0 unspecified atom stereocenters. The van der Waals surface area contributed by atoms with Crippen molar-refractivity contribution in [3.05, 3.63) is 44.0 Å². The third-order valence-corrected chi connectivity index (χ3v) is 7.41. The van der Waals surface area contributed by atoms with Crippen LogP contribution < -0.4 is 14.8 Å². The van der Waals surface area contributed by atoms with Crippen LogP contribution in [0.4, 0.5) is 5.69 Å². The molecule has 1 N–H and O–H groups in total. The van der Waals surface area contributed by atoms with E-state index in [1.54, 1.807) is 49.7 Å². The number of fused-ring (bicyclic) bond motifs is 3. The number of hydrogen-bond acceptors (Lipinski definition) is 5. The Morgan fingerprint density at radius 2 is 1.89 bits per heavy atom. The number of carbonyl (C=O) groups is 1. The van der Waals surface area contributed by atoms with Crippen LogP contribution in [-0.4, -0.2) is 20.1 Å². The van der Waals surface area contributed by atoms with E-state index in [4.69, 9.17) is 9.47 Å². The Bertz CT molecular complexity index is 894. The van der Waals surface area contributed by atoms with Gasteiger partial charge in [0.05, 0.1) is 19.1 Å². The second kappa shape index (κ2) is 7.60. The molecule has 0 fully saturated rings. The van der Waals surface area contributed by atoms with Gasteiger partial charge in [0, 0.05) is 39.4 Å². The molecule has 0 saturated heterocycles. The Labute approximate surface area is 168 Å². The van der Waals surface area contributed by atoms with E-state index in [0.29, 0.717) is 17.2 Å². The maximum atomic E-state index is 12.8. The maximum absolute atomic E-state index is 12.8. The predicted molar refractivity (Wildman–Crippen MR) is 113 cm³/mol. The smallest absolute Gasteiger partial charge is 0.262 e. The SMILES string of the molecule is COc1cc(NC(=O)C2=Cc3sc4c(c3CS2)CC[C@@H](C)C4)cc(OC)c1. The fraction of sp³-hybridized carbons (Fsp3) is 0.381. The third-order valence-electron chi connectivity index (χ3n) is 5.12. The molecule has 1 aromatic carbocycles. The van der Waals surface area contributed by atoms with Crippen LogP contribution in [0.3, 0.4) is 0 Å². The molecule has 0 spiro atoms. The molecule has 1 aliphatic carbocycles. The lowest BCUT2D eigenvalue weighted by atomic mass is 9.88. The van der Waals surface area contributed by atoms with Crippen molar-refractivity contribution < 1.29 is 14.3 Å². The van der Waals surface area contributed by atoms with Crippen LogP contribution in [0.15, 0.2) is 23.1 Å². The predicted octanol–water partition coefficient (Wildman–Crippen LogP) is 5.12. The van der Waals surface area contributed by atoms with E-state index in [1.165, 1.54) is 34.6 Å². The maximum Gasteiger partial charge on any atom is 0.262 e. The summed E-state index contributed by atoms with van der Waals surface area (Å²) in [5.74, 6) is 2.87. The Morgan fingerprint density at radius 3 is 2.59 bits per heavy atom. The van der Waals surface area contributed by atoms with Gasteiger partial charge in [-0.1, -0.05) is 6.92 Å². The highest BCUT2D eigenvalue weighted by Crippen LogP contribution is 2.43.